The minimum atomic E-state index is -4.00. The highest BCUT2D eigenvalue weighted by molar-refractivity contribution is 7.93. The maximum absolute atomic E-state index is 12.9. The highest BCUT2D eigenvalue weighted by atomic mass is 32.2. The molecule has 1 aromatic carbocycles. The maximum Gasteiger partial charge on any atom is 0.408 e. The minimum Gasteiger partial charge on any atom is -0.480 e. The third-order valence-electron chi connectivity index (χ3n) is 5.05. The topological polar surface area (TPSA) is 110 Å². The number of benzene rings is 1. The Bertz CT molecular complexity index is 922. The molecule has 2 atom stereocenters. The molecule has 164 valence electrons. The SMILES string of the molecule is CC(C)CS(=O)(=O)C(C)(CC1(NC(=O)OCc2ccccc2)C=CC=CC1)C(=O)O. The predicted octanol–water partition coefficient (Wildman–Crippen LogP) is 3.47. The number of carboxylic acids is 1. The molecule has 2 N–H and O–H groups in total. The van der Waals surface area contributed by atoms with Crippen LogP contribution in [0.5, 0.6) is 0 Å². The van der Waals surface area contributed by atoms with Crippen molar-refractivity contribution in [2.45, 2.75) is 50.5 Å². The number of carbonyl (C=O) groups excluding carboxylic acids is 1. The van der Waals surface area contributed by atoms with Crippen molar-refractivity contribution in [1.29, 1.82) is 0 Å². The van der Waals surface area contributed by atoms with Crippen molar-refractivity contribution in [3.63, 3.8) is 0 Å². The highest BCUT2D eigenvalue weighted by Crippen LogP contribution is 2.35. The number of nitrogens with one attached hydrogen (secondary N) is 1. The lowest BCUT2D eigenvalue weighted by Crippen LogP contribution is -2.57. The molecule has 0 bridgehead atoms. The van der Waals surface area contributed by atoms with E-state index in [0.29, 0.717) is 0 Å². The third kappa shape index (κ3) is 5.72. The van der Waals surface area contributed by atoms with Crippen molar-refractivity contribution in [3.8, 4) is 0 Å². The summed E-state index contributed by atoms with van der Waals surface area (Å²) in [6, 6.07) is 9.12. The van der Waals surface area contributed by atoms with Crippen LogP contribution < -0.4 is 5.32 Å². The van der Waals surface area contributed by atoms with E-state index in [-0.39, 0.29) is 31.1 Å². The van der Waals surface area contributed by atoms with Gasteiger partial charge in [-0.25, -0.2) is 13.2 Å². The van der Waals surface area contributed by atoms with Crippen molar-refractivity contribution in [2.75, 3.05) is 5.75 Å². The fourth-order valence-corrected chi connectivity index (χ4v) is 5.43. The lowest BCUT2D eigenvalue weighted by atomic mass is 9.82. The molecule has 0 heterocycles. The quantitative estimate of drug-likeness (QED) is 0.615. The van der Waals surface area contributed by atoms with Crippen molar-refractivity contribution >= 4 is 21.9 Å². The maximum atomic E-state index is 12.9. The number of carboxylic acid groups (broad SMARTS) is 1. The molecule has 1 aliphatic rings. The van der Waals surface area contributed by atoms with Gasteiger partial charge in [-0.1, -0.05) is 68.5 Å². The number of aliphatic carboxylic acids is 1. The van der Waals surface area contributed by atoms with Crippen molar-refractivity contribution in [2.24, 2.45) is 5.92 Å². The number of carbonyl (C=O) groups is 2. The molecule has 1 aliphatic carbocycles. The molecule has 8 heteroatoms. The van der Waals surface area contributed by atoms with Gasteiger partial charge in [0.15, 0.2) is 14.6 Å². The molecule has 0 spiro atoms. The molecule has 1 aromatic rings. The second-order valence-electron chi connectivity index (χ2n) is 8.22. The Morgan fingerprint density at radius 2 is 1.90 bits per heavy atom. The third-order valence-corrected chi connectivity index (χ3v) is 7.85. The second kappa shape index (κ2) is 9.47. The number of alkyl carbamates (subject to hydrolysis) is 1. The summed E-state index contributed by atoms with van der Waals surface area (Å²) in [5.74, 6) is -1.93. The van der Waals surface area contributed by atoms with Gasteiger partial charge in [0.25, 0.3) is 0 Å². The van der Waals surface area contributed by atoms with E-state index in [0.717, 1.165) is 5.56 Å². The van der Waals surface area contributed by atoms with E-state index in [1.54, 1.807) is 38.2 Å². The number of rotatable bonds is 9. The smallest absolute Gasteiger partial charge is 0.408 e. The van der Waals surface area contributed by atoms with Crippen molar-refractivity contribution in [3.05, 3.63) is 60.2 Å². The normalized spacial score (nSPS) is 20.5. The van der Waals surface area contributed by atoms with Gasteiger partial charge in [-0.05, 0) is 24.8 Å². The molecule has 0 radical (unpaired) electrons. The Morgan fingerprint density at radius 3 is 2.43 bits per heavy atom. The molecule has 0 fully saturated rings. The first kappa shape index (κ1) is 23.7. The van der Waals surface area contributed by atoms with Crippen LogP contribution >= 0.6 is 0 Å². The average molecular weight is 436 g/mol. The Hall–Kier alpha value is -2.61. The Balaban J connectivity index is 2.24. The van der Waals surface area contributed by atoms with E-state index in [9.17, 15) is 23.1 Å². The van der Waals surface area contributed by atoms with Gasteiger partial charge in [-0.2, -0.15) is 0 Å². The highest BCUT2D eigenvalue weighted by Gasteiger charge is 2.52. The zero-order valence-electron chi connectivity index (χ0n) is 17.5. The zero-order valence-corrected chi connectivity index (χ0v) is 18.3. The van der Waals surface area contributed by atoms with Crippen LogP contribution in [0, 0.1) is 5.92 Å². The summed E-state index contributed by atoms with van der Waals surface area (Å²) in [6.45, 7) is 4.69. The van der Waals surface area contributed by atoms with Crippen LogP contribution in [-0.2, 0) is 26.0 Å². The first-order valence-electron chi connectivity index (χ1n) is 9.79. The summed E-state index contributed by atoms with van der Waals surface area (Å²) in [5.41, 5.74) is -0.393. The number of amides is 1. The van der Waals surface area contributed by atoms with Gasteiger partial charge in [0, 0.05) is 6.42 Å². The number of ether oxygens (including phenoxy) is 1. The molecule has 2 rings (SSSR count). The van der Waals surface area contributed by atoms with Gasteiger partial charge >= 0.3 is 12.1 Å². The molecule has 0 saturated heterocycles. The van der Waals surface area contributed by atoms with Crippen LogP contribution in [0.1, 0.15) is 39.2 Å². The standard InChI is InChI=1S/C22H29NO6S/c1-17(2)15-30(27,28)21(3,19(24)25)16-22(12-8-5-9-13-22)23-20(26)29-14-18-10-6-4-7-11-18/h4-12,17H,13-16H2,1-3H3,(H,23,26)(H,24,25). The Labute approximate surface area is 177 Å². The average Bonchev–Trinajstić information content (AvgIpc) is 2.66. The van der Waals surface area contributed by atoms with Crippen LogP contribution in [0.15, 0.2) is 54.6 Å². The summed E-state index contributed by atoms with van der Waals surface area (Å²) in [7, 11) is -4.00. The first-order chi connectivity index (χ1) is 14.0. The van der Waals surface area contributed by atoms with Crippen LogP contribution in [0.25, 0.3) is 0 Å². The molecule has 1 amide bonds. The second-order valence-corrected chi connectivity index (χ2v) is 10.7. The molecular weight excluding hydrogens is 406 g/mol. The molecule has 0 aromatic heterocycles. The Morgan fingerprint density at radius 1 is 1.23 bits per heavy atom. The lowest BCUT2D eigenvalue weighted by Gasteiger charge is -2.38. The molecule has 30 heavy (non-hydrogen) atoms. The zero-order chi connectivity index (χ0) is 22.4. The van der Waals surface area contributed by atoms with Gasteiger partial charge in [0.05, 0.1) is 11.3 Å². The predicted molar refractivity (Wildman–Crippen MR) is 115 cm³/mol. The van der Waals surface area contributed by atoms with Crippen LogP contribution in [0.4, 0.5) is 4.79 Å². The van der Waals surface area contributed by atoms with Gasteiger partial charge in [-0.15, -0.1) is 0 Å². The van der Waals surface area contributed by atoms with E-state index in [2.05, 4.69) is 5.32 Å². The van der Waals surface area contributed by atoms with E-state index in [4.69, 9.17) is 4.74 Å². The molecule has 7 nitrogen and oxygen atoms in total. The summed E-state index contributed by atoms with van der Waals surface area (Å²) in [4.78, 5) is 24.6. The van der Waals surface area contributed by atoms with Gasteiger partial charge < -0.3 is 15.2 Å². The monoisotopic (exact) mass is 435 g/mol. The van der Waals surface area contributed by atoms with Crippen molar-refractivity contribution in [1.82, 2.24) is 5.32 Å². The van der Waals surface area contributed by atoms with Gasteiger partial charge in [-0.3, -0.25) is 4.79 Å². The number of hydrogen-bond donors (Lipinski definition) is 2. The first-order valence-corrected chi connectivity index (χ1v) is 11.4. The number of hydrogen-bond acceptors (Lipinski definition) is 5. The number of sulfone groups is 1. The fourth-order valence-electron chi connectivity index (χ4n) is 3.44. The molecular formula is C22H29NO6S. The largest absolute Gasteiger partial charge is 0.480 e. The summed E-state index contributed by atoms with van der Waals surface area (Å²) in [6.07, 6.45) is 6.01. The Kier molecular flexibility index (Phi) is 7.47. The van der Waals surface area contributed by atoms with Crippen LogP contribution in [-0.4, -0.2) is 41.6 Å². The van der Waals surface area contributed by atoms with E-state index < -0.39 is 32.2 Å². The van der Waals surface area contributed by atoms with Gasteiger partial charge in [0.2, 0.25) is 0 Å². The summed E-state index contributed by atoms with van der Waals surface area (Å²) < 4.78 is 29.1. The lowest BCUT2D eigenvalue weighted by molar-refractivity contribution is -0.140. The van der Waals surface area contributed by atoms with Gasteiger partial charge in [0.1, 0.15) is 6.61 Å². The van der Waals surface area contributed by atoms with Crippen LogP contribution in [0.3, 0.4) is 0 Å². The summed E-state index contributed by atoms with van der Waals surface area (Å²) >= 11 is 0. The van der Waals surface area contributed by atoms with E-state index in [1.807, 2.05) is 30.3 Å². The minimum absolute atomic E-state index is 0.0458. The number of allylic oxidation sites excluding steroid dienone is 2. The van der Waals surface area contributed by atoms with E-state index >= 15 is 0 Å². The van der Waals surface area contributed by atoms with Crippen LogP contribution in [0.2, 0.25) is 0 Å². The molecule has 2 unspecified atom stereocenters. The van der Waals surface area contributed by atoms with Crippen molar-refractivity contribution < 1.29 is 27.9 Å². The summed E-state index contributed by atoms with van der Waals surface area (Å²) in [5, 5.41) is 12.6. The molecule has 0 saturated carbocycles. The van der Waals surface area contributed by atoms with E-state index in [1.165, 1.54) is 6.92 Å². The molecule has 0 aliphatic heterocycles. The fraction of sp³-hybridized carbons (Fsp3) is 0.455.